The first-order valence-corrected chi connectivity index (χ1v) is 7.20. The molecule has 0 spiro atoms. The lowest BCUT2D eigenvalue weighted by molar-refractivity contribution is -0.156. The third-order valence-corrected chi connectivity index (χ3v) is 3.05. The van der Waals surface area contributed by atoms with Crippen molar-refractivity contribution in [3.8, 4) is 5.75 Å². The Morgan fingerprint density at radius 2 is 1.68 bits per heavy atom. The molecule has 2 rings (SSSR count). The summed E-state index contributed by atoms with van der Waals surface area (Å²) in [6.45, 7) is -3.53. The first-order valence-electron chi connectivity index (χ1n) is 7.20. The van der Waals surface area contributed by atoms with E-state index in [1.165, 1.54) is 24.3 Å². The van der Waals surface area contributed by atoms with Crippen molar-refractivity contribution >= 4 is 17.6 Å². The summed E-state index contributed by atoms with van der Waals surface area (Å²) < 4.78 is 33.0. The number of aliphatic hydroxyl groups excluding tert-OH is 1. The van der Waals surface area contributed by atoms with E-state index in [9.17, 15) is 23.5 Å². The van der Waals surface area contributed by atoms with Gasteiger partial charge in [0.2, 0.25) is 0 Å². The number of ether oxygens (including phenoxy) is 2. The molecule has 2 aromatic carbocycles. The molecule has 0 fully saturated rings. The SMILES string of the molecule is O=C(COC(=O)[C@H](O)c1ccccc1)Nc1ccc(OC(F)F)cc1. The smallest absolute Gasteiger partial charge is 0.387 e. The van der Waals surface area contributed by atoms with E-state index in [2.05, 4.69) is 10.1 Å². The quantitative estimate of drug-likeness (QED) is 0.749. The minimum absolute atomic E-state index is 0.0505. The zero-order valence-electron chi connectivity index (χ0n) is 12.9. The number of benzene rings is 2. The van der Waals surface area contributed by atoms with Gasteiger partial charge >= 0.3 is 12.6 Å². The molecule has 25 heavy (non-hydrogen) atoms. The molecule has 0 saturated carbocycles. The van der Waals surface area contributed by atoms with E-state index in [1.807, 2.05) is 0 Å². The molecule has 2 aromatic rings. The largest absolute Gasteiger partial charge is 0.453 e. The number of nitrogens with one attached hydrogen (secondary N) is 1. The topological polar surface area (TPSA) is 84.9 Å². The molecule has 0 heterocycles. The fourth-order valence-corrected chi connectivity index (χ4v) is 1.90. The predicted molar refractivity (Wildman–Crippen MR) is 84.1 cm³/mol. The lowest BCUT2D eigenvalue weighted by Crippen LogP contribution is -2.23. The first-order chi connectivity index (χ1) is 12.0. The lowest BCUT2D eigenvalue weighted by Gasteiger charge is -2.11. The Balaban J connectivity index is 1.81. The van der Waals surface area contributed by atoms with Gasteiger partial charge in [0.15, 0.2) is 12.7 Å². The van der Waals surface area contributed by atoms with Gasteiger partial charge in [-0.05, 0) is 29.8 Å². The minimum atomic E-state index is -2.93. The first kappa shape index (κ1) is 18.3. The summed E-state index contributed by atoms with van der Waals surface area (Å²) in [7, 11) is 0. The van der Waals surface area contributed by atoms with E-state index in [1.54, 1.807) is 30.3 Å². The maximum atomic E-state index is 12.0. The Morgan fingerprint density at radius 1 is 1.04 bits per heavy atom. The summed E-state index contributed by atoms with van der Waals surface area (Å²) in [5, 5.41) is 12.2. The van der Waals surface area contributed by atoms with Gasteiger partial charge in [-0.1, -0.05) is 30.3 Å². The normalized spacial score (nSPS) is 11.7. The highest BCUT2D eigenvalue weighted by molar-refractivity contribution is 5.93. The van der Waals surface area contributed by atoms with Crippen LogP contribution in [0.25, 0.3) is 0 Å². The van der Waals surface area contributed by atoms with E-state index >= 15 is 0 Å². The van der Waals surface area contributed by atoms with E-state index in [4.69, 9.17) is 4.74 Å². The van der Waals surface area contributed by atoms with Gasteiger partial charge in [-0.25, -0.2) is 4.79 Å². The molecule has 0 radical (unpaired) electrons. The molecule has 8 heteroatoms. The number of halogens is 2. The van der Waals surface area contributed by atoms with Crippen LogP contribution in [0.5, 0.6) is 5.75 Å². The van der Waals surface area contributed by atoms with Gasteiger partial charge < -0.3 is 19.9 Å². The van der Waals surface area contributed by atoms with E-state index < -0.39 is 31.2 Å². The zero-order chi connectivity index (χ0) is 18.2. The Bertz CT molecular complexity index is 707. The van der Waals surface area contributed by atoms with Gasteiger partial charge in [-0.2, -0.15) is 8.78 Å². The van der Waals surface area contributed by atoms with E-state index in [-0.39, 0.29) is 5.75 Å². The number of alkyl halides is 2. The van der Waals surface area contributed by atoms with Crippen molar-refractivity contribution in [3.63, 3.8) is 0 Å². The van der Waals surface area contributed by atoms with Crippen molar-refractivity contribution in [2.24, 2.45) is 0 Å². The fourth-order valence-electron chi connectivity index (χ4n) is 1.90. The Hall–Kier alpha value is -3.00. The average Bonchev–Trinajstić information content (AvgIpc) is 2.61. The van der Waals surface area contributed by atoms with Crippen LogP contribution in [0, 0.1) is 0 Å². The highest BCUT2D eigenvalue weighted by Crippen LogP contribution is 2.18. The summed E-state index contributed by atoms with van der Waals surface area (Å²) in [4.78, 5) is 23.4. The van der Waals surface area contributed by atoms with Gasteiger partial charge in [-0.3, -0.25) is 4.79 Å². The summed E-state index contributed by atoms with van der Waals surface area (Å²) in [6.07, 6.45) is -1.49. The van der Waals surface area contributed by atoms with Crippen LogP contribution in [-0.4, -0.2) is 30.2 Å². The highest BCUT2D eigenvalue weighted by Gasteiger charge is 2.19. The van der Waals surface area contributed by atoms with Crippen LogP contribution in [0.15, 0.2) is 54.6 Å². The van der Waals surface area contributed by atoms with Crippen molar-refractivity contribution in [3.05, 3.63) is 60.2 Å². The molecule has 0 aliphatic carbocycles. The zero-order valence-corrected chi connectivity index (χ0v) is 12.9. The monoisotopic (exact) mass is 351 g/mol. The molecule has 0 unspecified atom stereocenters. The predicted octanol–water partition coefficient (Wildman–Crippen LogP) is 2.50. The molecule has 132 valence electrons. The summed E-state index contributed by atoms with van der Waals surface area (Å²) in [6, 6.07) is 13.4. The minimum Gasteiger partial charge on any atom is -0.453 e. The number of carbonyl (C=O) groups is 2. The molecular weight excluding hydrogens is 336 g/mol. The van der Waals surface area contributed by atoms with Crippen LogP contribution in [0.4, 0.5) is 14.5 Å². The number of hydrogen-bond acceptors (Lipinski definition) is 5. The number of esters is 1. The number of amides is 1. The second-order valence-corrected chi connectivity index (χ2v) is 4.87. The maximum Gasteiger partial charge on any atom is 0.387 e. The fraction of sp³-hybridized carbons (Fsp3) is 0.176. The van der Waals surface area contributed by atoms with Crippen molar-refractivity contribution in [2.45, 2.75) is 12.7 Å². The van der Waals surface area contributed by atoms with Crippen LogP contribution in [0.3, 0.4) is 0 Å². The van der Waals surface area contributed by atoms with Crippen LogP contribution >= 0.6 is 0 Å². The van der Waals surface area contributed by atoms with Crippen LogP contribution in [0.1, 0.15) is 11.7 Å². The molecule has 0 aliphatic rings. The van der Waals surface area contributed by atoms with Crippen LogP contribution < -0.4 is 10.1 Å². The molecule has 1 atom stereocenters. The molecular formula is C17H15F2NO5. The molecule has 0 bridgehead atoms. The molecule has 0 saturated heterocycles. The standard InChI is InChI=1S/C17H15F2NO5/c18-17(19)25-13-8-6-12(7-9-13)20-14(21)10-24-16(23)15(22)11-4-2-1-3-5-11/h1-9,15,17,22H,10H2,(H,20,21)/t15-/m1/s1. The molecule has 6 nitrogen and oxygen atoms in total. The highest BCUT2D eigenvalue weighted by atomic mass is 19.3. The van der Waals surface area contributed by atoms with Gasteiger partial charge in [-0.15, -0.1) is 0 Å². The number of rotatable bonds is 7. The van der Waals surface area contributed by atoms with Crippen LogP contribution in [0.2, 0.25) is 0 Å². The Morgan fingerprint density at radius 3 is 2.28 bits per heavy atom. The second kappa shape index (κ2) is 8.74. The van der Waals surface area contributed by atoms with Crippen molar-refractivity contribution in [1.82, 2.24) is 0 Å². The van der Waals surface area contributed by atoms with Gasteiger partial charge in [0.1, 0.15) is 5.75 Å². The maximum absolute atomic E-state index is 12.0. The third-order valence-electron chi connectivity index (χ3n) is 3.05. The Labute approximate surface area is 142 Å². The number of aliphatic hydroxyl groups is 1. The molecule has 0 aliphatic heterocycles. The molecule has 1 amide bonds. The number of carbonyl (C=O) groups excluding carboxylic acids is 2. The van der Waals surface area contributed by atoms with Gasteiger partial charge in [0, 0.05) is 5.69 Å². The summed E-state index contributed by atoms with van der Waals surface area (Å²) in [5.74, 6) is -1.65. The van der Waals surface area contributed by atoms with E-state index in [0.29, 0.717) is 11.3 Å². The van der Waals surface area contributed by atoms with Crippen molar-refractivity contribution in [1.29, 1.82) is 0 Å². The summed E-state index contributed by atoms with van der Waals surface area (Å²) in [5.41, 5.74) is 0.661. The van der Waals surface area contributed by atoms with Crippen molar-refractivity contribution in [2.75, 3.05) is 11.9 Å². The van der Waals surface area contributed by atoms with Crippen LogP contribution in [-0.2, 0) is 14.3 Å². The van der Waals surface area contributed by atoms with E-state index in [0.717, 1.165) is 0 Å². The third kappa shape index (κ3) is 5.85. The average molecular weight is 351 g/mol. The number of anilines is 1. The summed E-state index contributed by atoms with van der Waals surface area (Å²) >= 11 is 0. The lowest BCUT2D eigenvalue weighted by atomic mass is 10.1. The molecule has 0 aromatic heterocycles. The van der Waals surface area contributed by atoms with Crippen molar-refractivity contribution < 1.29 is 33.0 Å². The molecule has 2 N–H and O–H groups in total. The number of hydrogen-bond donors (Lipinski definition) is 2. The Kier molecular flexibility index (Phi) is 6.41. The van der Waals surface area contributed by atoms with Gasteiger partial charge in [0.05, 0.1) is 0 Å². The second-order valence-electron chi connectivity index (χ2n) is 4.87. The van der Waals surface area contributed by atoms with Gasteiger partial charge in [0.25, 0.3) is 5.91 Å².